The van der Waals surface area contributed by atoms with E-state index in [1.807, 2.05) is 60.1 Å². The van der Waals surface area contributed by atoms with Crippen LogP contribution in [0.5, 0.6) is 0 Å². The quantitative estimate of drug-likeness (QED) is 0.559. The smallest absolute Gasteiger partial charge is 0.294 e. The van der Waals surface area contributed by atoms with Crippen molar-refractivity contribution in [2.24, 2.45) is 0 Å². The molecule has 0 saturated heterocycles. The molecule has 0 spiro atoms. The number of carbonyl (C=O) groups is 1. The van der Waals surface area contributed by atoms with Crippen LogP contribution >= 0.6 is 0 Å². The van der Waals surface area contributed by atoms with Gasteiger partial charge in [0, 0.05) is 22.9 Å². The van der Waals surface area contributed by atoms with Crippen molar-refractivity contribution in [3.63, 3.8) is 0 Å². The van der Waals surface area contributed by atoms with Crippen LogP contribution in [0.15, 0.2) is 59.1 Å². The molecule has 1 N–H and O–H groups in total. The largest absolute Gasteiger partial charge is 0.350 e. The van der Waals surface area contributed by atoms with Crippen LogP contribution < -0.4 is 5.32 Å². The fourth-order valence-corrected chi connectivity index (χ4v) is 3.09. The summed E-state index contributed by atoms with van der Waals surface area (Å²) in [5.74, 6) is 0.539. The molecule has 0 atom stereocenters. The van der Waals surface area contributed by atoms with Crippen molar-refractivity contribution in [1.82, 2.24) is 25.4 Å². The van der Waals surface area contributed by atoms with Crippen LogP contribution in [0.25, 0.3) is 22.6 Å². The summed E-state index contributed by atoms with van der Waals surface area (Å²) in [5, 5.41) is 18.8. The third kappa shape index (κ3) is 3.52. The molecule has 2 aromatic carbocycles. The van der Waals surface area contributed by atoms with Crippen molar-refractivity contribution in [2.75, 3.05) is 5.32 Å². The van der Waals surface area contributed by atoms with Crippen LogP contribution in [-0.2, 0) is 0 Å². The maximum atomic E-state index is 12.5. The first-order valence-electron chi connectivity index (χ1n) is 9.41. The zero-order valence-corrected chi connectivity index (χ0v) is 15.7. The van der Waals surface area contributed by atoms with Crippen molar-refractivity contribution in [1.29, 1.82) is 0 Å². The predicted octanol–water partition coefficient (Wildman–Crippen LogP) is 3.89. The number of rotatable bonds is 5. The molecular weight excluding hydrogens is 368 g/mol. The van der Waals surface area contributed by atoms with Gasteiger partial charge in [0.15, 0.2) is 5.82 Å². The van der Waals surface area contributed by atoms with Crippen molar-refractivity contribution in [2.45, 2.75) is 25.8 Å². The monoisotopic (exact) mass is 386 g/mol. The molecule has 5 rings (SSSR count). The molecule has 1 saturated carbocycles. The molecule has 8 heteroatoms. The van der Waals surface area contributed by atoms with E-state index >= 15 is 0 Å². The summed E-state index contributed by atoms with van der Waals surface area (Å²) in [6.07, 6.45) is 2.21. The van der Waals surface area contributed by atoms with Gasteiger partial charge in [0.1, 0.15) is 5.69 Å². The molecule has 1 amide bonds. The van der Waals surface area contributed by atoms with E-state index in [2.05, 4.69) is 26.0 Å². The van der Waals surface area contributed by atoms with E-state index in [1.54, 1.807) is 6.07 Å². The second kappa shape index (κ2) is 6.97. The highest BCUT2D eigenvalue weighted by molar-refractivity contribution is 6.02. The van der Waals surface area contributed by atoms with Crippen LogP contribution in [0.1, 0.15) is 35.0 Å². The lowest BCUT2D eigenvalue weighted by molar-refractivity contribution is 0.0988. The molecule has 1 aliphatic rings. The second-order valence-corrected chi connectivity index (χ2v) is 7.15. The van der Waals surface area contributed by atoms with Gasteiger partial charge < -0.3 is 9.84 Å². The van der Waals surface area contributed by atoms with Gasteiger partial charge in [-0.3, -0.25) is 4.79 Å². The molecule has 2 aromatic heterocycles. The Labute approximate surface area is 166 Å². The van der Waals surface area contributed by atoms with Gasteiger partial charge in [-0.2, -0.15) is 0 Å². The molecule has 4 aromatic rings. The topological polar surface area (TPSA) is 98.7 Å². The van der Waals surface area contributed by atoms with Gasteiger partial charge in [-0.25, -0.2) is 4.68 Å². The van der Waals surface area contributed by atoms with Crippen molar-refractivity contribution < 1.29 is 9.32 Å². The second-order valence-electron chi connectivity index (χ2n) is 7.15. The zero-order chi connectivity index (χ0) is 19.8. The van der Waals surface area contributed by atoms with Crippen LogP contribution in [-0.4, -0.2) is 31.3 Å². The molecule has 1 fully saturated rings. The summed E-state index contributed by atoms with van der Waals surface area (Å²) < 4.78 is 7.08. The summed E-state index contributed by atoms with van der Waals surface area (Å²) in [7, 11) is 0. The molecule has 29 heavy (non-hydrogen) atoms. The number of hydrogen-bond donors (Lipinski definition) is 1. The Hall–Kier alpha value is -3.81. The first kappa shape index (κ1) is 17.3. The first-order chi connectivity index (χ1) is 14.2. The van der Waals surface area contributed by atoms with Crippen LogP contribution in [0.2, 0.25) is 0 Å². The molecule has 144 valence electrons. The third-order valence-electron chi connectivity index (χ3n) is 4.87. The molecule has 0 bridgehead atoms. The summed E-state index contributed by atoms with van der Waals surface area (Å²) in [5.41, 5.74) is 4.23. The minimum Gasteiger partial charge on any atom is -0.350 e. The van der Waals surface area contributed by atoms with E-state index in [1.165, 1.54) is 0 Å². The predicted molar refractivity (Wildman–Crippen MR) is 106 cm³/mol. The molecule has 8 nitrogen and oxygen atoms in total. The third-order valence-corrected chi connectivity index (χ3v) is 4.87. The first-order valence-corrected chi connectivity index (χ1v) is 9.41. The van der Waals surface area contributed by atoms with Crippen LogP contribution in [0, 0.1) is 6.92 Å². The minimum absolute atomic E-state index is 0.155. The average molecular weight is 386 g/mol. The lowest BCUT2D eigenvalue weighted by atomic mass is 10.1. The van der Waals surface area contributed by atoms with Crippen LogP contribution in [0.3, 0.4) is 0 Å². The molecule has 0 aliphatic heterocycles. The average Bonchev–Trinajstić information content (AvgIpc) is 3.26. The molecule has 1 aliphatic carbocycles. The highest BCUT2D eigenvalue weighted by atomic mass is 16.5. The highest BCUT2D eigenvalue weighted by Crippen LogP contribution is 2.36. The number of nitrogens with zero attached hydrogens (tertiary/aromatic N) is 5. The zero-order valence-electron chi connectivity index (χ0n) is 15.7. The minimum atomic E-state index is -0.355. The van der Waals surface area contributed by atoms with Gasteiger partial charge in [0.25, 0.3) is 5.91 Å². The summed E-state index contributed by atoms with van der Waals surface area (Å²) in [6, 6.07) is 17.3. The number of amides is 1. The Morgan fingerprint density at radius 2 is 1.79 bits per heavy atom. The van der Waals surface area contributed by atoms with E-state index in [9.17, 15) is 4.79 Å². The number of tetrazole rings is 1. The maximum Gasteiger partial charge on any atom is 0.294 e. The Morgan fingerprint density at radius 3 is 2.52 bits per heavy atom. The lowest BCUT2D eigenvalue weighted by Gasteiger charge is -2.05. The number of aromatic nitrogens is 5. The number of anilines is 1. The highest BCUT2D eigenvalue weighted by Gasteiger charge is 2.28. The number of carbonyl (C=O) groups excluding carboxylic acids is 1. The normalized spacial score (nSPS) is 13.4. The van der Waals surface area contributed by atoms with E-state index in [-0.39, 0.29) is 11.7 Å². The van der Waals surface area contributed by atoms with Crippen molar-refractivity contribution >= 4 is 11.6 Å². The van der Waals surface area contributed by atoms with E-state index < -0.39 is 0 Å². The maximum absolute atomic E-state index is 12.5. The fraction of sp³-hybridized carbons (Fsp3) is 0.190. The van der Waals surface area contributed by atoms with E-state index in [0.29, 0.717) is 17.4 Å². The number of hydrogen-bond acceptors (Lipinski definition) is 6. The van der Waals surface area contributed by atoms with Gasteiger partial charge in [0.2, 0.25) is 5.76 Å². The van der Waals surface area contributed by atoms with Gasteiger partial charge in [-0.1, -0.05) is 35.0 Å². The molecule has 0 unspecified atom stereocenters. The van der Waals surface area contributed by atoms with E-state index in [4.69, 9.17) is 4.52 Å². The Kier molecular flexibility index (Phi) is 4.16. The van der Waals surface area contributed by atoms with E-state index in [0.717, 1.165) is 35.4 Å². The van der Waals surface area contributed by atoms with Gasteiger partial charge >= 0.3 is 0 Å². The van der Waals surface area contributed by atoms with Crippen molar-refractivity contribution in [3.05, 3.63) is 65.9 Å². The molecule has 0 radical (unpaired) electrons. The summed E-state index contributed by atoms with van der Waals surface area (Å²) in [6.45, 7) is 2.02. The Balaban J connectivity index is 1.30. The number of nitrogens with one attached hydrogen (secondary N) is 1. The van der Waals surface area contributed by atoms with Gasteiger partial charge in [-0.15, -0.1) is 5.10 Å². The lowest BCUT2D eigenvalue weighted by Crippen LogP contribution is -2.10. The van der Waals surface area contributed by atoms with Gasteiger partial charge in [-0.05, 0) is 54.5 Å². The van der Waals surface area contributed by atoms with Gasteiger partial charge in [0.05, 0.1) is 6.04 Å². The molecule has 2 heterocycles. The van der Waals surface area contributed by atoms with Crippen LogP contribution in [0.4, 0.5) is 5.69 Å². The SMILES string of the molecule is Cc1ccc(-c2cc(C(=O)Nc3ccc(-c4nnnn4C4CC4)cc3)on2)cc1. The number of benzene rings is 2. The summed E-state index contributed by atoms with van der Waals surface area (Å²) in [4.78, 5) is 12.5. The molecular formula is C21H18N6O2. The van der Waals surface area contributed by atoms with Crippen molar-refractivity contribution in [3.8, 4) is 22.6 Å². The Bertz CT molecular complexity index is 1160. The number of aryl methyl sites for hydroxylation is 1. The standard InChI is InChI=1S/C21H18N6O2/c1-13-2-4-14(5-3-13)18-12-19(29-24-18)21(28)22-16-8-6-15(7-9-16)20-23-25-26-27(20)17-10-11-17/h2-9,12,17H,10-11H2,1H3,(H,22,28). The fourth-order valence-electron chi connectivity index (χ4n) is 3.09. The Morgan fingerprint density at radius 1 is 1.07 bits per heavy atom. The summed E-state index contributed by atoms with van der Waals surface area (Å²) >= 11 is 0.